The molecule has 3 rings (SSSR count). The Morgan fingerprint density at radius 3 is 2.52 bits per heavy atom. The highest BCUT2D eigenvalue weighted by atomic mass is 35.5. The molecule has 0 atom stereocenters. The molecule has 27 heavy (non-hydrogen) atoms. The fourth-order valence-corrected chi connectivity index (χ4v) is 3.09. The number of pyridine rings is 1. The summed E-state index contributed by atoms with van der Waals surface area (Å²) in [4.78, 5) is 18.3. The first-order valence-electron chi connectivity index (χ1n) is 8.03. The van der Waals surface area contributed by atoms with Gasteiger partial charge in [-0.2, -0.15) is 5.10 Å². The Kier molecular flexibility index (Phi) is 6.38. The van der Waals surface area contributed by atoms with Crippen LogP contribution in [0.1, 0.15) is 16.1 Å². The highest BCUT2D eigenvalue weighted by molar-refractivity contribution is 6.46. The molecule has 0 bridgehead atoms. The van der Waals surface area contributed by atoms with Gasteiger partial charge in [0, 0.05) is 18.8 Å². The molecule has 1 amide bonds. The van der Waals surface area contributed by atoms with Crippen molar-refractivity contribution in [3.05, 3.63) is 50.7 Å². The van der Waals surface area contributed by atoms with Gasteiger partial charge in [0.15, 0.2) is 10.8 Å². The molecule has 2 heterocycles. The summed E-state index contributed by atoms with van der Waals surface area (Å²) in [6.45, 7) is 3.18. The van der Waals surface area contributed by atoms with Crippen molar-refractivity contribution in [1.82, 2.24) is 10.4 Å². The Morgan fingerprint density at radius 2 is 1.85 bits per heavy atom. The van der Waals surface area contributed by atoms with Gasteiger partial charge in [0.05, 0.1) is 30.1 Å². The average molecular weight is 429 g/mol. The molecule has 1 aromatic carbocycles. The number of aromatic nitrogens is 1. The summed E-state index contributed by atoms with van der Waals surface area (Å²) in [7, 11) is 0. The molecule has 1 saturated heterocycles. The lowest BCUT2D eigenvalue weighted by Gasteiger charge is -2.28. The van der Waals surface area contributed by atoms with Crippen molar-refractivity contribution in [3.63, 3.8) is 0 Å². The van der Waals surface area contributed by atoms with Crippen LogP contribution in [0.5, 0.6) is 0 Å². The predicted molar refractivity (Wildman–Crippen MR) is 108 cm³/mol. The van der Waals surface area contributed by atoms with Crippen molar-refractivity contribution in [3.8, 4) is 0 Å². The van der Waals surface area contributed by atoms with Crippen LogP contribution >= 0.6 is 34.8 Å². The van der Waals surface area contributed by atoms with Gasteiger partial charge in [-0.1, -0.05) is 46.9 Å². The van der Waals surface area contributed by atoms with Crippen LogP contribution in [0.2, 0.25) is 15.2 Å². The molecule has 1 aliphatic rings. The smallest absolute Gasteiger partial charge is 0.291 e. The zero-order valence-corrected chi connectivity index (χ0v) is 16.4. The number of nitrogen functional groups attached to an aromatic ring is 1. The van der Waals surface area contributed by atoms with E-state index in [9.17, 15) is 4.79 Å². The number of nitrogens with one attached hydrogen (secondary N) is 1. The summed E-state index contributed by atoms with van der Waals surface area (Å²) in [5, 5.41) is 3.73. The molecule has 2 aromatic rings. The molecule has 1 aromatic heterocycles. The molecule has 0 spiro atoms. The van der Waals surface area contributed by atoms with E-state index in [0.717, 1.165) is 37.6 Å². The number of morpholine rings is 1. The van der Waals surface area contributed by atoms with Gasteiger partial charge in [0.1, 0.15) is 5.02 Å². The van der Waals surface area contributed by atoms with Gasteiger partial charge in [0.2, 0.25) is 0 Å². The normalized spacial score (nSPS) is 14.6. The predicted octanol–water partition coefficient (Wildman–Crippen LogP) is 3.22. The Balaban J connectivity index is 1.64. The van der Waals surface area contributed by atoms with Crippen molar-refractivity contribution < 1.29 is 9.53 Å². The number of halogens is 3. The lowest BCUT2D eigenvalue weighted by Crippen LogP contribution is -2.36. The van der Waals surface area contributed by atoms with Gasteiger partial charge >= 0.3 is 0 Å². The van der Waals surface area contributed by atoms with Crippen LogP contribution in [-0.2, 0) is 4.74 Å². The van der Waals surface area contributed by atoms with Crippen molar-refractivity contribution in [2.75, 3.05) is 36.9 Å². The van der Waals surface area contributed by atoms with E-state index in [-0.39, 0.29) is 26.6 Å². The molecule has 3 N–H and O–H groups in total. The highest BCUT2D eigenvalue weighted by Crippen LogP contribution is 2.34. The lowest BCUT2D eigenvalue weighted by molar-refractivity contribution is 0.0950. The van der Waals surface area contributed by atoms with Gasteiger partial charge in [-0.3, -0.25) is 4.79 Å². The van der Waals surface area contributed by atoms with Crippen LogP contribution in [0.25, 0.3) is 0 Å². The third-order valence-corrected chi connectivity index (χ3v) is 5.07. The first kappa shape index (κ1) is 19.7. The monoisotopic (exact) mass is 427 g/mol. The number of hydrazone groups is 1. The number of hydrogen-bond acceptors (Lipinski definition) is 6. The minimum Gasteiger partial charge on any atom is -0.396 e. The topological polar surface area (TPSA) is 92.8 Å². The fourth-order valence-electron chi connectivity index (χ4n) is 2.49. The Labute approximate surface area is 171 Å². The fraction of sp³-hybridized carbons (Fsp3) is 0.235. The van der Waals surface area contributed by atoms with E-state index < -0.39 is 5.91 Å². The van der Waals surface area contributed by atoms with Crippen LogP contribution < -0.4 is 16.1 Å². The molecule has 0 radical (unpaired) electrons. The Bertz CT molecular complexity index is 868. The molecule has 142 valence electrons. The van der Waals surface area contributed by atoms with E-state index >= 15 is 0 Å². The zero-order chi connectivity index (χ0) is 19.4. The molecular weight excluding hydrogens is 413 g/mol. The van der Waals surface area contributed by atoms with Gasteiger partial charge in [0.25, 0.3) is 5.91 Å². The van der Waals surface area contributed by atoms with E-state index in [2.05, 4.69) is 20.4 Å². The largest absolute Gasteiger partial charge is 0.396 e. The van der Waals surface area contributed by atoms with Crippen molar-refractivity contribution >= 4 is 58.3 Å². The van der Waals surface area contributed by atoms with Gasteiger partial charge < -0.3 is 15.4 Å². The second kappa shape index (κ2) is 8.75. The average Bonchev–Trinajstić information content (AvgIpc) is 2.70. The number of rotatable bonds is 4. The summed E-state index contributed by atoms with van der Waals surface area (Å²) in [6.07, 6.45) is 1.51. The maximum atomic E-state index is 12.2. The number of amides is 1. The zero-order valence-electron chi connectivity index (χ0n) is 14.1. The maximum absolute atomic E-state index is 12.2. The quantitative estimate of drug-likeness (QED) is 0.443. The number of hydrogen-bond donors (Lipinski definition) is 2. The number of anilines is 2. The SMILES string of the molecule is Nc1c(Cl)c(Cl)nc(C(=O)N/N=C\c2ccc(N3CCOCC3)cc2)c1Cl. The molecule has 0 unspecified atom stereocenters. The van der Waals surface area contributed by atoms with E-state index in [1.54, 1.807) is 0 Å². The molecular formula is C17H16Cl3N5O2. The Hall–Kier alpha value is -2.06. The molecule has 1 fully saturated rings. The molecule has 10 heteroatoms. The minimum absolute atomic E-state index is 0.00192. The number of carbonyl (C=O) groups is 1. The van der Waals surface area contributed by atoms with Gasteiger partial charge in [-0.15, -0.1) is 0 Å². The Morgan fingerprint density at radius 1 is 1.19 bits per heavy atom. The minimum atomic E-state index is -0.647. The number of carbonyl (C=O) groups excluding carboxylic acids is 1. The first-order valence-corrected chi connectivity index (χ1v) is 9.17. The van der Waals surface area contributed by atoms with Crippen LogP contribution in [0, 0.1) is 0 Å². The van der Waals surface area contributed by atoms with E-state index in [1.165, 1.54) is 6.21 Å². The van der Waals surface area contributed by atoms with Crippen molar-refractivity contribution in [1.29, 1.82) is 0 Å². The number of ether oxygens (including phenoxy) is 1. The molecule has 0 saturated carbocycles. The number of nitrogens with two attached hydrogens (primary N) is 1. The van der Waals surface area contributed by atoms with Crippen molar-refractivity contribution in [2.45, 2.75) is 0 Å². The summed E-state index contributed by atoms with van der Waals surface area (Å²) < 4.78 is 5.35. The van der Waals surface area contributed by atoms with Crippen LogP contribution in [-0.4, -0.2) is 43.4 Å². The summed E-state index contributed by atoms with van der Waals surface area (Å²) in [5.41, 5.74) is 9.81. The third-order valence-electron chi connectivity index (χ3n) is 3.94. The summed E-state index contributed by atoms with van der Waals surface area (Å²) >= 11 is 17.7. The second-order valence-corrected chi connectivity index (χ2v) is 6.80. The van der Waals surface area contributed by atoms with E-state index in [0.29, 0.717) is 0 Å². The van der Waals surface area contributed by atoms with E-state index in [1.807, 2.05) is 24.3 Å². The van der Waals surface area contributed by atoms with Gasteiger partial charge in [-0.25, -0.2) is 10.4 Å². The maximum Gasteiger partial charge on any atom is 0.291 e. The molecule has 7 nitrogen and oxygen atoms in total. The first-order chi connectivity index (χ1) is 13.0. The third kappa shape index (κ3) is 4.62. The highest BCUT2D eigenvalue weighted by Gasteiger charge is 2.19. The standard InChI is InChI=1S/C17H16Cl3N5O2/c18-12-14(21)13(19)16(20)23-15(12)17(26)24-22-9-10-1-3-11(4-2-10)25-5-7-27-8-6-25/h1-4,9H,5-8H2,(H2,21,23)(H,24,26)/b22-9-. The number of nitrogens with zero attached hydrogens (tertiary/aromatic N) is 3. The summed E-state index contributed by atoms with van der Waals surface area (Å²) in [6, 6.07) is 7.80. The van der Waals surface area contributed by atoms with Gasteiger partial charge in [-0.05, 0) is 17.7 Å². The second-order valence-electron chi connectivity index (χ2n) is 5.68. The number of benzene rings is 1. The lowest BCUT2D eigenvalue weighted by atomic mass is 10.2. The summed E-state index contributed by atoms with van der Waals surface area (Å²) in [5.74, 6) is -0.647. The van der Waals surface area contributed by atoms with Crippen LogP contribution in [0.15, 0.2) is 29.4 Å². The molecule has 1 aliphatic heterocycles. The van der Waals surface area contributed by atoms with Crippen LogP contribution in [0.4, 0.5) is 11.4 Å². The van der Waals surface area contributed by atoms with Crippen molar-refractivity contribution in [2.24, 2.45) is 5.10 Å². The van der Waals surface area contributed by atoms with E-state index in [4.69, 9.17) is 45.3 Å². The van der Waals surface area contributed by atoms with Crippen LogP contribution in [0.3, 0.4) is 0 Å². The molecule has 0 aliphatic carbocycles.